The molecule has 6 nitrogen and oxygen atoms in total. The zero-order chi connectivity index (χ0) is 15.0. The zero-order valence-corrected chi connectivity index (χ0v) is 15.4. The smallest absolute Gasteiger partial charge is 0.222 e. The standard InChI is InChI=1S/C14H29N3O3.2ClH/c1-11(2)9-17-4-5-20-13(10-17)8-16-14(18)6-12(7-15)19-3;;/h11-13H,4-10,15H2,1-3H3,(H,16,18);2*1H. The summed E-state index contributed by atoms with van der Waals surface area (Å²) >= 11 is 0. The average Bonchev–Trinajstić information content (AvgIpc) is 2.42. The van der Waals surface area contributed by atoms with Crippen LogP contribution in [0.4, 0.5) is 0 Å². The number of nitrogens with two attached hydrogens (primary N) is 1. The molecular formula is C14H31Cl2N3O3. The molecule has 1 rings (SSSR count). The van der Waals surface area contributed by atoms with Gasteiger partial charge < -0.3 is 20.5 Å². The minimum Gasteiger partial charge on any atom is -0.380 e. The van der Waals surface area contributed by atoms with E-state index in [0.717, 1.165) is 26.2 Å². The number of hydrogen-bond acceptors (Lipinski definition) is 5. The van der Waals surface area contributed by atoms with Gasteiger partial charge in [-0.05, 0) is 5.92 Å². The summed E-state index contributed by atoms with van der Waals surface area (Å²) in [5.74, 6) is 0.613. The fourth-order valence-electron chi connectivity index (χ4n) is 2.36. The molecular weight excluding hydrogens is 329 g/mol. The molecule has 0 saturated carbocycles. The molecule has 22 heavy (non-hydrogen) atoms. The molecule has 0 aromatic heterocycles. The van der Waals surface area contributed by atoms with Crippen LogP contribution >= 0.6 is 24.8 Å². The quantitative estimate of drug-likeness (QED) is 0.665. The summed E-state index contributed by atoms with van der Waals surface area (Å²) < 4.78 is 10.8. The second-order valence-corrected chi connectivity index (χ2v) is 5.75. The third-order valence-electron chi connectivity index (χ3n) is 3.38. The summed E-state index contributed by atoms with van der Waals surface area (Å²) in [6.45, 7) is 8.99. The maximum atomic E-state index is 11.8. The van der Waals surface area contributed by atoms with Crippen molar-refractivity contribution in [3.05, 3.63) is 0 Å². The van der Waals surface area contributed by atoms with Gasteiger partial charge in [-0.3, -0.25) is 9.69 Å². The van der Waals surface area contributed by atoms with E-state index in [1.807, 2.05) is 0 Å². The highest BCUT2D eigenvalue weighted by atomic mass is 35.5. The van der Waals surface area contributed by atoms with Crippen LogP contribution < -0.4 is 11.1 Å². The summed E-state index contributed by atoms with van der Waals surface area (Å²) in [7, 11) is 1.57. The summed E-state index contributed by atoms with van der Waals surface area (Å²) in [5.41, 5.74) is 5.50. The second kappa shape index (κ2) is 13.3. The highest BCUT2D eigenvalue weighted by molar-refractivity contribution is 5.85. The Hall–Kier alpha value is -0.110. The third kappa shape index (κ3) is 9.82. The van der Waals surface area contributed by atoms with E-state index < -0.39 is 0 Å². The van der Waals surface area contributed by atoms with Crippen LogP contribution in [0.15, 0.2) is 0 Å². The van der Waals surface area contributed by atoms with Gasteiger partial charge in [-0.2, -0.15) is 0 Å². The van der Waals surface area contributed by atoms with Crippen LogP contribution in [0, 0.1) is 5.92 Å². The Balaban J connectivity index is 0. The van der Waals surface area contributed by atoms with Crippen molar-refractivity contribution in [3.63, 3.8) is 0 Å². The highest BCUT2D eigenvalue weighted by Gasteiger charge is 2.21. The molecule has 0 aromatic carbocycles. The van der Waals surface area contributed by atoms with Crippen molar-refractivity contribution in [1.82, 2.24) is 10.2 Å². The second-order valence-electron chi connectivity index (χ2n) is 5.75. The molecule has 2 unspecified atom stereocenters. The monoisotopic (exact) mass is 359 g/mol. The Morgan fingerprint density at radius 1 is 1.45 bits per heavy atom. The van der Waals surface area contributed by atoms with Crippen molar-refractivity contribution in [2.45, 2.75) is 32.5 Å². The molecule has 134 valence electrons. The van der Waals surface area contributed by atoms with Gasteiger partial charge >= 0.3 is 0 Å². The number of rotatable bonds is 8. The molecule has 3 N–H and O–H groups in total. The van der Waals surface area contributed by atoms with Crippen LogP contribution in [0.3, 0.4) is 0 Å². The van der Waals surface area contributed by atoms with E-state index in [4.69, 9.17) is 15.2 Å². The Morgan fingerprint density at radius 2 is 2.14 bits per heavy atom. The number of morpholine rings is 1. The molecule has 0 aliphatic carbocycles. The predicted molar refractivity (Wildman–Crippen MR) is 93.0 cm³/mol. The lowest BCUT2D eigenvalue weighted by Crippen LogP contribution is -2.48. The van der Waals surface area contributed by atoms with Gasteiger partial charge in [0.05, 0.1) is 25.2 Å². The maximum Gasteiger partial charge on any atom is 0.222 e. The first kappa shape index (κ1) is 24.1. The molecule has 1 saturated heterocycles. The van der Waals surface area contributed by atoms with Crippen molar-refractivity contribution in [2.75, 3.05) is 46.4 Å². The van der Waals surface area contributed by atoms with Crippen LogP contribution in [-0.4, -0.2) is 69.5 Å². The van der Waals surface area contributed by atoms with Crippen LogP contribution in [0.5, 0.6) is 0 Å². The van der Waals surface area contributed by atoms with E-state index in [-0.39, 0.29) is 42.9 Å². The number of carbonyl (C=O) groups excluding carboxylic acids is 1. The summed E-state index contributed by atoms with van der Waals surface area (Å²) in [4.78, 5) is 14.1. The van der Waals surface area contributed by atoms with Gasteiger partial charge in [-0.25, -0.2) is 0 Å². The molecule has 0 aromatic rings. The van der Waals surface area contributed by atoms with Crippen LogP contribution in [0.1, 0.15) is 20.3 Å². The largest absolute Gasteiger partial charge is 0.380 e. The van der Waals surface area contributed by atoms with Gasteiger partial charge in [0.15, 0.2) is 0 Å². The molecule has 1 amide bonds. The number of halogens is 2. The third-order valence-corrected chi connectivity index (χ3v) is 3.38. The first-order valence-corrected chi connectivity index (χ1v) is 7.38. The van der Waals surface area contributed by atoms with E-state index in [0.29, 0.717) is 25.4 Å². The van der Waals surface area contributed by atoms with Gasteiger partial charge in [0, 0.05) is 39.8 Å². The zero-order valence-electron chi connectivity index (χ0n) is 13.7. The molecule has 1 aliphatic rings. The van der Waals surface area contributed by atoms with Crippen molar-refractivity contribution < 1.29 is 14.3 Å². The Kier molecular flexibility index (Phi) is 14.6. The Labute approximate surface area is 146 Å². The predicted octanol–water partition coefficient (Wildman–Crippen LogP) is 0.667. The van der Waals surface area contributed by atoms with Gasteiger partial charge in [-0.1, -0.05) is 13.8 Å². The fraction of sp³-hybridized carbons (Fsp3) is 0.929. The lowest BCUT2D eigenvalue weighted by Gasteiger charge is -2.34. The normalized spacial score (nSPS) is 20.0. The summed E-state index contributed by atoms with van der Waals surface area (Å²) in [6, 6.07) is 0. The number of methoxy groups -OCH3 is 1. The van der Waals surface area contributed by atoms with Gasteiger partial charge in [0.1, 0.15) is 0 Å². The SMILES string of the molecule is COC(CN)CC(=O)NCC1CN(CC(C)C)CCO1.Cl.Cl. The first-order chi connectivity index (χ1) is 9.55. The molecule has 0 spiro atoms. The lowest BCUT2D eigenvalue weighted by atomic mass is 10.1. The molecule has 0 radical (unpaired) electrons. The van der Waals surface area contributed by atoms with E-state index in [1.54, 1.807) is 7.11 Å². The van der Waals surface area contributed by atoms with Crippen LogP contribution in [-0.2, 0) is 14.3 Å². The van der Waals surface area contributed by atoms with Crippen molar-refractivity contribution in [3.8, 4) is 0 Å². The molecule has 8 heteroatoms. The maximum absolute atomic E-state index is 11.8. The van der Waals surface area contributed by atoms with Crippen molar-refractivity contribution in [1.29, 1.82) is 0 Å². The van der Waals surface area contributed by atoms with E-state index in [2.05, 4.69) is 24.1 Å². The molecule has 2 atom stereocenters. The number of amides is 1. The number of nitrogens with one attached hydrogen (secondary N) is 1. The number of hydrogen-bond donors (Lipinski definition) is 2. The van der Waals surface area contributed by atoms with Crippen molar-refractivity contribution in [2.24, 2.45) is 11.7 Å². The number of carbonyl (C=O) groups is 1. The first-order valence-electron chi connectivity index (χ1n) is 7.38. The fourth-order valence-corrected chi connectivity index (χ4v) is 2.36. The van der Waals surface area contributed by atoms with Crippen LogP contribution in [0.2, 0.25) is 0 Å². The molecule has 1 aliphatic heterocycles. The lowest BCUT2D eigenvalue weighted by molar-refractivity contribution is -0.124. The topological polar surface area (TPSA) is 76.8 Å². The molecule has 1 heterocycles. The minimum atomic E-state index is -0.209. The van der Waals surface area contributed by atoms with Gasteiger partial charge in [-0.15, -0.1) is 24.8 Å². The minimum absolute atomic E-state index is 0. The van der Waals surface area contributed by atoms with E-state index >= 15 is 0 Å². The molecule has 0 bridgehead atoms. The number of ether oxygens (including phenoxy) is 2. The average molecular weight is 360 g/mol. The van der Waals surface area contributed by atoms with Gasteiger partial charge in [0.25, 0.3) is 0 Å². The molecule has 1 fully saturated rings. The van der Waals surface area contributed by atoms with E-state index in [9.17, 15) is 4.79 Å². The number of nitrogens with zero attached hydrogens (tertiary/aromatic N) is 1. The van der Waals surface area contributed by atoms with Crippen LogP contribution in [0.25, 0.3) is 0 Å². The Morgan fingerprint density at radius 3 is 2.68 bits per heavy atom. The summed E-state index contributed by atoms with van der Waals surface area (Å²) in [5, 5.41) is 2.90. The van der Waals surface area contributed by atoms with Gasteiger partial charge in [0.2, 0.25) is 5.91 Å². The summed E-state index contributed by atoms with van der Waals surface area (Å²) in [6.07, 6.45) is 0.167. The van der Waals surface area contributed by atoms with Crippen molar-refractivity contribution >= 4 is 30.7 Å². The Bertz CT molecular complexity index is 293. The highest BCUT2D eigenvalue weighted by Crippen LogP contribution is 2.07. The van der Waals surface area contributed by atoms with E-state index in [1.165, 1.54) is 0 Å².